The van der Waals surface area contributed by atoms with E-state index in [1.165, 1.54) is 6.92 Å². The fraction of sp³-hybridized carbons (Fsp3) is 0.833. The Kier molecular flexibility index (Phi) is 0.733. The highest BCUT2D eigenvalue weighted by Crippen LogP contribution is 3.07. The van der Waals surface area contributed by atoms with Gasteiger partial charge in [0.25, 0.3) is 0 Å². The van der Waals surface area contributed by atoms with Crippen LogP contribution in [-0.4, -0.2) is 17.4 Å². The van der Waals surface area contributed by atoms with Gasteiger partial charge in [-0.25, -0.2) is 0 Å². The molecule has 0 atom stereocenters. The lowest BCUT2D eigenvalue weighted by molar-refractivity contribution is -0.643. The molecule has 78 valence electrons. The van der Waals surface area contributed by atoms with Crippen molar-refractivity contribution in [2.45, 2.75) is 19.4 Å². The van der Waals surface area contributed by atoms with Gasteiger partial charge in [0, 0.05) is 30.1 Å². The number of carbonyl (C=O) groups excluding carboxylic acids is 2. The van der Waals surface area contributed by atoms with Gasteiger partial charge >= 0.3 is 5.97 Å². The van der Waals surface area contributed by atoms with Crippen LogP contribution in [0.5, 0.6) is 0 Å². The first-order valence-electron chi connectivity index (χ1n) is 5.80. The summed E-state index contributed by atoms with van der Waals surface area (Å²) < 4.78 is 5.53. The third kappa shape index (κ3) is 0.331. The number of ether oxygens (including phenoxy) is 1. The maximum absolute atomic E-state index is 11.6. The summed E-state index contributed by atoms with van der Waals surface area (Å²) in [6, 6.07) is 0. The summed E-state index contributed by atoms with van der Waals surface area (Å²) >= 11 is 0. The monoisotopic (exact) mass is 204 g/mol. The van der Waals surface area contributed by atoms with E-state index in [1.807, 2.05) is 0 Å². The molecule has 0 bridgehead atoms. The molecule has 0 aromatic heterocycles. The van der Waals surface area contributed by atoms with Crippen LogP contribution in [0, 0.1) is 40.9 Å². The number of Topliss-reactive ketones (excluding diaryl/α,β-unsaturated/α-hetero) is 1. The normalized spacial score (nSPS) is 72.4. The molecule has 0 aromatic rings. The van der Waals surface area contributed by atoms with Crippen molar-refractivity contribution < 1.29 is 14.3 Å². The number of hydrogen-bond acceptors (Lipinski definition) is 3. The van der Waals surface area contributed by atoms with Crippen molar-refractivity contribution in [1.29, 1.82) is 0 Å². The van der Waals surface area contributed by atoms with Gasteiger partial charge in [-0.2, -0.15) is 0 Å². The van der Waals surface area contributed by atoms with E-state index in [2.05, 4.69) is 0 Å². The summed E-state index contributed by atoms with van der Waals surface area (Å²) in [6.45, 7) is 3.25. The molecular formula is C12H12O3. The van der Waals surface area contributed by atoms with Gasteiger partial charge < -0.3 is 4.74 Å². The minimum Gasteiger partial charge on any atom is -0.458 e. The minimum absolute atomic E-state index is 0.0525. The van der Waals surface area contributed by atoms with E-state index < -0.39 is 0 Å². The molecule has 6 rings (SSSR count). The summed E-state index contributed by atoms with van der Waals surface area (Å²) in [6.07, 6.45) is 0. The Morgan fingerprint density at radius 3 is 1.73 bits per heavy atom. The zero-order valence-electron chi connectivity index (χ0n) is 8.69. The average molecular weight is 204 g/mol. The van der Waals surface area contributed by atoms with Crippen LogP contribution in [0.25, 0.3) is 0 Å². The number of rotatable bonds is 2. The fourth-order valence-electron chi connectivity index (χ4n) is 6.59. The standard InChI is InChI=1S/C12H12O3/c1-3(13)11-5-8-6(11)10-7(11)9(5)12(8,10)15-4(2)14/h5-10H,1-2H3. The summed E-state index contributed by atoms with van der Waals surface area (Å²) in [5.74, 6) is 3.81. The quantitative estimate of drug-likeness (QED) is 0.619. The fourth-order valence-corrected chi connectivity index (χ4v) is 6.59. The molecule has 0 N–H and O–H groups in total. The van der Waals surface area contributed by atoms with Crippen molar-refractivity contribution in [3.05, 3.63) is 0 Å². The van der Waals surface area contributed by atoms with Gasteiger partial charge in [-0.3, -0.25) is 9.59 Å². The first kappa shape index (κ1) is 7.42. The van der Waals surface area contributed by atoms with E-state index in [1.54, 1.807) is 6.92 Å². The molecule has 0 amide bonds. The van der Waals surface area contributed by atoms with Crippen LogP contribution in [0.2, 0.25) is 0 Å². The zero-order chi connectivity index (χ0) is 10.3. The first-order chi connectivity index (χ1) is 7.09. The molecule has 0 saturated heterocycles. The summed E-state index contributed by atoms with van der Waals surface area (Å²) in [5, 5.41) is 0. The smallest absolute Gasteiger partial charge is 0.303 e. The largest absolute Gasteiger partial charge is 0.458 e. The van der Waals surface area contributed by atoms with Crippen molar-refractivity contribution in [1.82, 2.24) is 0 Å². The highest BCUT2D eigenvalue weighted by Gasteiger charge is 3.12. The summed E-state index contributed by atoms with van der Waals surface area (Å²) in [4.78, 5) is 22.7. The Hall–Kier alpha value is -0.860. The molecule has 6 aliphatic rings. The van der Waals surface area contributed by atoms with E-state index in [-0.39, 0.29) is 17.0 Å². The Balaban J connectivity index is 1.54. The summed E-state index contributed by atoms with van der Waals surface area (Å²) in [7, 11) is 0. The molecule has 0 aromatic carbocycles. The lowest BCUT2D eigenvalue weighted by Gasteiger charge is -3.09. The number of carbonyl (C=O) groups is 2. The molecule has 0 unspecified atom stereocenters. The molecular weight excluding hydrogens is 192 g/mol. The average Bonchev–Trinajstić information content (AvgIpc) is 2.17. The van der Waals surface area contributed by atoms with Crippen LogP contribution in [0.15, 0.2) is 0 Å². The Morgan fingerprint density at radius 1 is 0.933 bits per heavy atom. The van der Waals surface area contributed by atoms with E-state index in [0.717, 1.165) is 0 Å². The van der Waals surface area contributed by atoms with Gasteiger partial charge in [0.15, 0.2) is 0 Å². The van der Waals surface area contributed by atoms with Crippen LogP contribution < -0.4 is 0 Å². The first-order valence-corrected chi connectivity index (χ1v) is 5.80. The lowest BCUT2D eigenvalue weighted by Crippen LogP contribution is -3.14. The van der Waals surface area contributed by atoms with Gasteiger partial charge in [0.05, 0.1) is 0 Å². The van der Waals surface area contributed by atoms with Crippen molar-refractivity contribution in [2.24, 2.45) is 40.9 Å². The third-order valence-electron chi connectivity index (χ3n) is 6.47. The third-order valence-corrected chi connectivity index (χ3v) is 6.47. The van der Waals surface area contributed by atoms with Crippen LogP contribution in [0.4, 0.5) is 0 Å². The molecule has 0 radical (unpaired) electrons. The Bertz CT molecular complexity index is 410. The van der Waals surface area contributed by atoms with Gasteiger partial charge in [-0.05, 0) is 24.7 Å². The molecule has 0 heterocycles. The van der Waals surface area contributed by atoms with Gasteiger partial charge in [-0.1, -0.05) is 0 Å². The minimum atomic E-state index is -0.137. The summed E-state index contributed by atoms with van der Waals surface area (Å²) in [5.41, 5.74) is 0.0466. The number of hydrogen-bond donors (Lipinski definition) is 0. The SMILES string of the molecule is CC(=O)OC12C3C4C1C1C2C3C41C(C)=O. The second-order valence-corrected chi connectivity index (χ2v) is 6.09. The molecule has 15 heavy (non-hydrogen) atoms. The maximum atomic E-state index is 11.6. The van der Waals surface area contributed by atoms with E-state index >= 15 is 0 Å². The second kappa shape index (κ2) is 1.48. The molecule has 6 saturated carbocycles. The van der Waals surface area contributed by atoms with E-state index in [9.17, 15) is 9.59 Å². The van der Waals surface area contributed by atoms with Crippen LogP contribution in [0.3, 0.4) is 0 Å². The van der Waals surface area contributed by atoms with Crippen LogP contribution >= 0.6 is 0 Å². The number of ketones is 1. The van der Waals surface area contributed by atoms with Crippen molar-refractivity contribution in [3.63, 3.8) is 0 Å². The Labute approximate surface area is 87.2 Å². The highest BCUT2D eigenvalue weighted by molar-refractivity contribution is 5.93. The van der Waals surface area contributed by atoms with Crippen LogP contribution in [-0.2, 0) is 14.3 Å². The highest BCUT2D eigenvalue weighted by atomic mass is 16.6. The Morgan fingerprint density at radius 2 is 1.40 bits per heavy atom. The van der Waals surface area contributed by atoms with Crippen molar-refractivity contribution in [2.75, 3.05) is 0 Å². The topological polar surface area (TPSA) is 43.4 Å². The van der Waals surface area contributed by atoms with Gasteiger partial charge in [-0.15, -0.1) is 0 Å². The molecule has 3 heteroatoms. The van der Waals surface area contributed by atoms with E-state index in [0.29, 0.717) is 41.3 Å². The van der Waals surface area contributed by atoms with E-state index in [4.69, 9.17) is 4.74 Å². The van der Waals surface area contributed by atoms with Crippen molar-refractivity contribution >= 4 is 11.8 Å². The lowest BCUT2D eigenvalue weighted by atomic mass is 8.94. The predicted molar refractivity (Wildman–Crippen MR) is 48.6 cm³/mol. The molecule has 0 spiro atoms. The maximum Gasteiger partial charge on any atom is 0.303 e. The van der Waals surface area contributed by atoms with Gasteiger partial charge in [0.1, 0.15) is 11.4 Å². The molecule has 6 fully saturated rings. The molecule has 3 nitrogen and oxygen atoms in total. The molecule has 0 aliphatic heterocycles. The zero-order valence-corrected chi connectivity index (χ0v) is 8.69. The molecule has 6 aliphatic carbocycles. The predicted octanol–water partition coefficient (Wildman–Crippen LogP) is 0.629. The van der Waals surface area contributed by atoms with Crippen molar-refractivity contribution in [3.8, 4) is 0 Å². The van der Waals surface area contributed by atoms with Crippen LogP contribution in [0.1, 0.15) is 13.8 Å². The number of esters is 1. The second-order valence-electron chi connectivity index (χ2n) is 6.09. The van der Waals surface area contributed by atoms with Gasteiger partial charge in [0.2, 0.25) is 0 Å².